The van der Waals surface area contributed by atoms with Gasteiger partial charge in [-0.25, -0.2) is 4.79 Å². The normalized spacial score (nSPS) is 22.8. The number of aliphatic carboxylic acids is 1. The number of carbonyl (C=O) groups is 2. The van der Waals surface area contributed by atoms with Crippen molar-refractivity contribution in [3.8, 4) is 0 Å². The summed E-state index contributed by atoms with van der Waals surface area (Å²) in [6.07, 6.45) is 0. The number of amides is 1. The van der Waals surface area contributed by atoms with E-state index >= 15 is 0 Å². The zero-order valence-electron chi connectivity index (χ0n) is 6.20. The molecule has 1 N–H and O–H groups in total. The first-order chi connectivity index (χ1) is 5.04. The first-order valence-electron chi connectivity index (χ1n) is 3.21. The molecule has 1 fully saturated rings. The molecule has 0 aromatic carbocycles. The highest BCUT2D eigenvalue weighted by Gasteiger charge is 2.39. The number of hydrogen-bond acceptors (Lipinski definition) is 2. The van der Waals surface area contributed by atoms with Gasteiger partial charge in [-0.2, -0.15) is 0 Å². The van der Waals surface area contributed by atoms with Crippen molar-refractivity contribution in [1.82, 2.24) is 4.90 Å². The van der Waals surface area contributed by atoms with Gasteiger partial charge in [0.2, 0.25) is 5.91 Å². The summed E-state index contributed by atoms with van der Waals surface area (Å²) >= 11 is 0. The van der Waals surface area contributed by atoms with Crippen LogP contribution >= 0.6 is 0 Å². The van der Waals surface area contributed by atoms with Crippen molar-refractivity contribution in [1.29, 1.82) is 0 Å². The lowest BCUT2D eigenvalue weighted by Gasteiger charge is -2.39. The van der Waals surface area contributed by atoms with Crippen LogP contribution in [0.3, 0.4) is 0 Å². The molecule has 0 aromatic heterocycles. The van der Waals surface area contributed by atoms with Crippen LogP contribution in [-0.2, 0) is 9.59 Å². The van der Waals surface area contributed by atoms with Crippen LogP contribution in [-0.4, -0.2) is 34.5 Å². The molecule has 1 aliphatic heterocycles. The first kappa shape index (κ1) is 7.78. The second-order valence-electron chi connectivity index (χ2n) is 2.55. The van der Waals surface area contributed by atoms with Gasteiger partial charge in [0.1, 0.15) is 0 Å². The molecule has 0 saturated carbocycles. The highest BCUT2D eigenvalue weighted by molar-refractivity contribution is 5.88. The third-order valence-electron chi connectivity index (χ3n) is 1.71. The van der Waals surface area contributed by atoms with Crippen molar-refractivity contribution in [2.45, 2.75) is 13.0 Å². The summed E-state index contributed by atoms with van der Waals surface area (Å²) in [4.78, 5) is 22.4. The molecule has 1 atom stereocenters. The molecule has 11 heavy (non-hydrogen) atoms. The van der Waals surface area contributed by atoms with Gasteiger partial charge in [-0.1, -0.05) is 6.58 Å². The lowest BCUT2D eigenvalue weighted by molar-refractivity contribution is -0.151. The van der Waals surface area contributed by atoms with Crippen molar-refractivity contribution in [2.24, 2.45) is 0 Å². The van der Waals surface area contributed by atoms with E-state index in [0.717, 1.165) is 0 Å². The Hall–Kier alpha value is -1.32. The Morgan fingerprint density at radius 3 is 2.45 bits per heavy atom. The average Bonchev–Trinajstić information content (AvgIpc) is 1.80. The molecule has 0 aliphatic carbocycles. The maximum absolute atomic E-state index is 10.7. The molecule has 60 valence electrons. The molecule has 1 unspecified atom stereocenters. The van der Waals surface area contributed by atoms with E-state index < -0.39 is 12.0 Å². The minimum Gasteiger partial charge on any atom is -0.479 e. The molecule has 1 amide bonds. The van der Waals surface area contributed by atoms with Gasteiger partial charge >= 0.3 is 5.97 Å². The number of rotatable bonds is 1. The summed E-state index contributed by atoms with van der Waals surface area (Å²) in [5.41, 5.74) is 0.590. The molecule has 0 spiro atoms. The average molecular weight is 155 g/mol. The second kappa shape index (κ2) is 2.38. The molecule has 1 aliphatic rings. The van der Waals surface area contributed by atoms with E-state index in [0.29, 0.717) is 12.1 Å². The lowest BCUT2D eigenvalue weighted by atomic mass is 9.98. The van der Waals surface area contributed by atoms with Gasteiger partial charge in [0.15, 0.2) is 6.04 Å². The summed E-state index contributed by atoms with van der Waals surface area (Å²) in [5.74, 6) is -1.22. The summed E-state index contributed by atoms with van der Waals surface area (Å²) in [6, 6.07) is -0.785. The maximum atomic E-state index is 10.7. The Bertz CT molecular complexity index is 226. The van der Waals surface area contributed by atoms with Crippen LogP contribution in [0.15, 0.2) is 12.2 Å². The standard InChI is InChI=1S/C7H9NO3/c1-4-3-8(5(2)9)6(4)7(10)11/h6H,1,3H2,2H3,(H,10,11). The number of carbonyl (C=O) groups excluding carboxylic acids is 1. The van der Waals surface area contributed by atoms with Crippen molar-refractivity contribution in [2.75, 3.05) is 6.54 Å². The number of likely N-dealkylation sites (tertiary alicyclic amines) is 1. The molecular formula is C7H9NO3. The molecule has 1 rings (SSSR count). The maximum Gasteiger partial charge on any atom is 0.330 e. The Morgan fingerprint density at radius 1 is 1.73 bits per heavy atom. The molecule has 4 heteroatoms. The zero-order valence-corrected chi connectivity index (χ0v) is 6.20. The lowest BCUT2D eigenvalue weighted by Crippen LogP contribution is -2.56. The highest BCUT2D eigenvalue weighted by atomic mass is 16.4. The van der Waals surface area contributed by atoms with Crippen molar-refractivity contribution in [3.05, 3.63) is 12.2 Å². The third-order valence-corrected chi connectivity index (χ3v) is 1.71. The number of carboxylic acids is 1. The van der Waals surface area contributed by atoms with Crippen LogP contribution in [0.4, 0.5) is 0 Å². The van der Waals surface area contributed by atoms with E-state index in [9.17, 15) is 9.59 Å². The highest BCUT2D eigenvalue weighted by Crippen LogP contribution is 2.22. The van der Waals surface area contributed by atoms with Gasteiger partial charge in [-0.05, 0) is 5.57 Å². The summed E-state index contributed by atoms with van der Waals surface area (Å²) in [7, 11) is 0. The van der Waals surface area contributed by atoms with Gasteiger partial charge in [0, 0.05) is 13.5 Å². The third kappa shape index (κ3) is 1.11. The molecule has 0 bridgehead atoms. The van der Waals surface area contributed by atoms with E-state index in [1.165, 1.54) is 11.8 Å². The number of carboxylic acid groups (broad SMARTS) is 1. The fraction of sp³-hybridized carbons (Fsp3) is 0.429. The molecule has 0 aromatic rings. The number of nitrogens with zero attached hydrogens (tertiary/aromatic N) is 1. The SMILES string of the molecule is C=C1CN(C(C)=O)C1C(=O)O. The Labute approximate surface area is 64.1 Å². The van der Waals surface area contributed by atoms with E-state index in [2.05, 4.69) is 6.58 Å². The van der Waals surface area contributed by atoms with Gasteiger partial charge in [-0.3, -0.25) is 4.79 Å². The fourth-order valence-corrected chi connectivity index (χ4v) is 1.11. The smallest absolute Gasteiger partial charge is 0.330 e. The minimum atomic E-state index is -1.00. The zero-order chi connectivity index (χ0) is 8.59. The van der Waals surface area contributed by atoms with Crippen LogP contribution < -0.4 is 0 Å². The van der Waals surface area contributed by atoms with E-state index in [-0.39, 0.29) is 5.91 Å². The number of hydrogen-bond donors (Lipinski definition) is 1. The predicted octanol–water partition coefficient (Wildman–Crippen LogP) is -0.142. The summed E-state index contributed by atoms with van der Waals surface area (Å²) in [6.45, 7) is 5.25. The van der Waals surface area contributed by atoms with E-state index in [1.54, 1.807) is 0 Å². The van der Waals surface area contributed by atoms with Gasteiger partial charge in [0.05, 0.1) is 0 Å². The van der Waals surface area contributed by atoms with Crippen LogP contribution in [0.25, 0.3) is 0 Å². The fourth-order valence-electron chi connectivity index (χ4n) is 1.11. The van der Waals surface area contributed by atoms with E-state index in [1.807, 2.05) is 0 Å². The summed E-state index contributed by atoms with van der Waals surface area (Å²) < 4.78 is 0. The van der Waals surface area contributed by atoms with Crippen molar-refractivity contribution in [3.63, 3.8) is 0 Å². The largest absolute Gasteiger partial charge is 0.479 e. The molecule has 1 saturated heterocycles. The van der Waals surface area contributed by atoms with Gasteiger partial charge in [-0.15, -0.1) is 0 Å². The topological polar surface area (TPSA) is 57.6 Å². The van der Waals surface area contributed by atoms with Gasteiger partial charge < -0.3 is 10.0 Å². The van der Waals surface area contributed by atoms with Crippen molar-refractivity contribution >= 4 is 11.9 Å². The van der Waals surface area contributed by atoms with Crippen LogP contribution in [0.1, 0.15) is 6.92 Å². The van der Waals surface area contributed by atoms with Gasteiger partial charge in [0.25, 0.3) is 0 Å². The van der Waals surface area contributed by atoms with Crippen LogP contribution in [0.5, 0.6) is 0 Å². The quantitative estimate of drug-likeness (QED) is 0.536. The van der Waals surface area contributed by atoms with E-state index in [4.69, 9.17) is 5.11 Å². The molecule has 0 radical (unpaired) electrons. The minimum absolute atomic E-state index is 0.218. The molecular weight excluding hydrogens is 146 g/mol. The molecule has 1 heterocycles. The second-order valence-corrected chi connectivity index (χ2v) is 2.55. The predicted molar refractivity (Wildman–Crippen MR) is 38.0 cm³/mol. The van der Waals surface area contributed by atoms with Crippen molar-refractivity contribution < 1.29 is 14.7 Å². The molecule has 4 nitrogen and oxygen atoms in total. The Kier molecular flexibility index (Phi) is 1.68. The Morgan fingerprint density at radius 2 is 2.27 bits per heavy atom. The van der Waals surface area contributed by atoms with Crippen LogP contribution in [0.2, 0.25) is 0 Å². The summed E-state index contributed by atoms with van der Waals surface area (Å²) in [5, 5.41) is 8.57. The first-order valence-corrected chi connectivity index (χ1v) is 3.21. The Balaban J connectivity index is 2.69. The van der Waals surface area contributed by atoms with Crippen LogP contribution in [0, 0.1) is 0 Å². The monoisotopic (exact) mass is 155 g/mol.